The number of hydrogen-bond donors (Lipinski definition) is 1. The maximum atomic E-state index is 11.0. The zero-order valence-electron chi connectivity index (χ0n) is 16.6. The van der Waals surface area contributed by atoms with Crippen molar-refractivity contribution in [2.75, 3.05) is 0 Å². The number of carbonyl (C=O) groups is 1. The highest BCUT2D eigenvalue weighted by Crippen LogP contribution is 2.38. The van der Waals surface area contributed by atoms with Gasteiger partial charge in [-0.3, -0.25) is 4.79 Å². The molecule has 0 saturated carbocycles. The van der Waals surface area contributed by atoms with Crippen LogP contribution >= 0.6 is 11.6 Å². The Balaban J connectivity index is 2.21. The van der Waals surface area contributed by atoms with E-state index >= 15 is 0 Å². The molecule has 3 rings (SSSR count). The largest absolute Gasteiger partial charge is 0.481 e. The van der Waals surface area contributed by atoms with Crippen LogP contribution in [0.3, 0.4) is 0 Å². The first kappa shape index (κ1) is 20.3. The van der Waals surface area contributed by atoms with E-state index in [-0.39, 0.29) is 12.3 Å². The van der Waals surface area contributed by atoms with Crippen molar-refractivity contribution in [3.63, 3.8) is 0 Å². The minimum atomic E-state index is -0.754. The van der Waals surface area contributed by atoms with Crippen LogP contribution in [0.15, 0.2) is 30.3 Å². The fraction of sp³-hybridized carbons (Fsp3) is 0.409. The van der Waals surface area contributed by atoms with Crippen LogP contribution in [0, 0.1) is 6.92 Å². The number of aliphatic carboxylic acids is 1. The number of carboxylic acids is 1. The molecule has 1 N–H and O–H groups in total. The summed E-state index contributed by atoms with van der Waals surface area (Å²) < 4.78 is 2.00. The lowest BCUT2D eigenvalue weighted by Crippen LogP contribution is -2.11. The first-order valence-electron chi connectivity index (χ1n) is 9.82. The molecule has 0 aromatic carbocycles. The maximum Gasteiger partial charge on any atom is 0.303 e. The van der Waals surface area contributed by atoms with Crippen LogP contribution in [-0.2, 0) is 11.2 Å². The van der Waals surface area contributed by atoms with E-state index in [1.807, 2.05) is 23.6 Å². The second-order valence-electron chi connectivity index (χ2n) is 7.09. The minimum absolute atomic E-state index is 0.182. The van der Waals surface area contributed by atoms with Gasteiger partial charge in [0.1, 0.15) is 5.15 Å². The van der Waals surface area contributed by atoms with E-state index in [2.05, 4.69) is 31.0 Å². The third-order valence-corrected chi connectivity index (χ3v) is 5.49. The Kier molecular flexibility index (Phi) is 6.35. The highest BCUT2D eigenvalue weighted by atomic mass is 35.5. The molecule has 0 spiro atoms. The van der Waals surface area contributed by atoms with Gasteiger partial charge in [0.15, 0.2) is 0 Å². The number of carboxylic acid groups (broad SMARTS) is 1. The molecule has 6 heteroatoms. The van der Waals surface area contributed by atoms with Crippen LogP contribution in [-0.4, -0.2) is 25.7 Å². The number of rotatable bonds is 8. The molecule has 0 amide bonds. The predicted molar refractivity (Wildman–Crippen MR) is 112 cm³/mol. The summed E-state index contributed by atoms with van der Waals surface area (Å²) in [6.07, 6.45) is 3.42. The molecule has 0 saturated heterocycles. The van der Waals surface area contributed by atoms with Gasteiger partial charge in [0, 0.05) is 17.7 Å². The lowest BCUT2D eigenvalue weighted by atomic mass is 9.86. The van der Waals surface area contributed by atoms with Crippen molar-refractivity contribution in [3.05, 3.63) is 52.4 Å². The topological polar surface area (TPSA) is 67.5 Å². The molecule has 0 aliphatic heterocycles. The first-order valence-corrected chi connectivity index (χ1v) is 10.2. The van der Waals surface area contributed by atoms with Crippen LogP contribution in [0.25, 0.3) is 16.8 Å². The summed E-state index contributed by atoms with van der Waals surface area (Å²) in [4.78, 5) is 15.6. The number of aryl methyl sites for hydroxylation is 2. The molecule has 3 heterocycles. The van der Waals surface area contributed by atoms with Gasteiger partial charge in [0.25, 0.3) is 0 Å². The number of pyridine rings is 1. The molecule has 5 nitrogen and oxygen atoms in total. The van der Waals surface area contributed by atoms with Crippen LogP contribution in [0.1, 0.15) is 62.4 Å². The van der Waals surface area contributed by atoms with E-state index < -0.39 is 5.97 Å². The maximum absolute atomic E-state index is 11.0. The van der Waals surface area contributed by atoms with Crippen molar-refractivity contribution >= 4 is 23.1 Å². The summed E-state index contributed by atoms with van der Waals surface area (Å²) in [5.41, 5.74) is 6.15. The van der Waals surface area contributed by atoms with Gasteiger partial charge >= 0.3 is 5.97 Å². The summed E-state index contributed by atoms with van der Waals surface area (Å²) in [6.45, 7) is 6.28. The predicted octanol–water partition coefficient (Wildman–Crippen LogP) is 5.67. The molecular formula is C22H26ClN3O2. The molecule has 1 unspecified atom stereocenters. The lowest BCUT2D eigenvalue weighted by molar-refractivity contribution is -0.137. The molecule has 0 aliphatic rings. The Morgan fingerprint density at radius 3 is 2.68 bits per heavy atom. The fourth-order valence-electron chi connectivity index (χ4n) is 3.94. The molecule has 3 aromatic heterocycles. The number of fused-ring (bicyclic) bond motifs is 1. The molecule has 0 aliphatic carbocycles. The zero-order chi connectivity index (χ0) is 20.3. The molecule has 0 radical (unpaired) electrons. The second-order valence-corrected chi connectivity index (χ2v) is 7.47. The molecule has 148 valence electrons. The number of nitrogens with zero attached hydrogens (tertiary/aromatic N) is 3. The number of aromatic nitrogens is 3. The van der Waals surface area contributed by atoms with Crippen molar-refractivity contribution in [2.24, 2.45) is 0 Å². The van der Waals surface area contributed by atoms with Crippen molar-refractivity contribution in [1.29, 1.82) is 0 Å². The number of hydrogen-bond acceptors (Lipinski definition) is 3. The van der Waals surface area contributed by atoms with E-state index in [4.69, 9.17) is 21.8 Å². The lowest BCUT2D eigenvalue weighted by Gasteiger charge is -2.22. The highest BCUT2D eigenvalue weighted by Gasteiger charge is 2.23. The average Bonchev–Trinajstić information content (AvgIpc) is 3.06. The average molecular weight is 400 g/mol. The van der Waals surface area contributed by atoms with Gasteiger partial charge < -0.3 is 5.11 Å². The van der Waals surface area contributed by atoms with Crippen LogP contribution in [0.4, 0.5) is 0 Å². The normalized spacial score (nSPS) is 12.4. The first-order chi connectivity index (χ1) is 13.5. The molecule has 28 heavy (non-hydrogen) atoms. The smallest absolute Gasteiger partial charge is 0.303 e. The van der Waals surface area contributed by atoms with Crippen molar-refractivity contribution in [3.8, 4) is 11.3 Å². The summed E-state index contributed by atoms with van der Waals surface area (Å²) in [6, 6.07) is 9.86. The summed E-state index contributed by atoms with van der Waals surface area (Å²) in [5, 5.41) is 14.3. The molecule has 0 bridgehead atoms. The van der Waals surface area contributed by atoms with Gasteiger partial charge in [-0.05, 0) is 68.4 Å². The van der Waals surface area contributed by atoms with Gasteiger partial charge in [-0.2, -0.15) is 5.10 Å². The van der Waals surface area contributed by atoms with E-state index in [0.717, 1.165) is 53.0 Å². The Morgan fingerprint density at radius 1 is 1.25 bits per heavy atom. The van der Waals surface area contributed by atoms with Crippen molar-refractivity contribution < 1.29 is 9.90 Å². The summed E-state index contributed by atoms with van der Waals surface area (Å²) in [5.74, 6) is -0.538. The zero-order valence-corrected chi connectivity index (χ0v) is 17.3. The minimum Gasteiger partial charge on any atom is -0.481 e. The molecule has 3 aromatic rings. The standard InChI is InChI=1S/C22H26ClN3O2/c1-4-15(8-6-11-20(27)28)21-14(3)25-26-16(5-2)12-13-18(26)22(21)17-9-7-10-19(23)24-17/h7,9-10,12-13,15H,4-6,8,11H2,1-3H3,(H,27,28). The Labute approximate surface area is 170 Å². The fourth-order valence-corrected chi connectivity index (χ4v) is 4.10. The quantitative estimate of drug-likeness (QED) is 0.495. The summed E-state index contributed by atoms with van der Waals surface area (Å²) >= 11 is 6.20. The van der Waals surface area contributed by atoms with Crippen LogP contribution in [0.5, 0.6) is 0 Å². The SMILES string of the molecule is CCc1ccc2c(-c3cccc(Cl)n3)c(C(CC)CCCC(=O)O)c(C)nn12. The van der Waals surface area contributed by atoms with Crippen molar-refractivity contribution in [2.45, 2.75) is 58.8 Å². The monoisotopic (exact) mass is 399 g/mol. The van der Waals surface area contributed by atoms with Gasteiger partial charge in [-0.1, -0.05) is 31.5 Å². The summed E-state index contributed by atoms with van der Waals surface area (Å²) in [7, 11) is 0. The van der Waals surface area contributed by atoms with Gasteiger partial charge in [0.2, 0.25) is 0 Å². The van der Waals surface area contributed by atoms with E-state index in [0.29, 0.717) is 11.6 Å². The van der Waals surface area contributed by atoms with E-state index in [1.54, 1.807) is 6.07 Å². The Bertz CT molecular complexity index is 997. The second kappa shape index (κ2) is 8.74. The Morgan fingerprint density at radius 2 is 2.04 bits per heavy atom. The van der Waals surface area contributed by atoms with Crippen LogP contribution in [0.2, 0.25) is 5.15 Å². The van der Waals surface area contributed by atoms with E-state index in [9.17, 15) is 4.79 Å². The van der Waals surface area contributed by atoms with Gasteiger partial charge in [0.05, 0.1) is 16.9 Å². The number of halogens is 1. The highest BCUT2D eigenvalue weighted by molar-refractivity contribution is 6.29. The molecule has 1 atom stereocenters. The Hall–Kier alpha value is -2.40. The van der Waals surface area contributed by atoms with E-state index in [1.165, 1.54) is 0 Å². The third-order valence-electron chi connectivity index (χ3n) is 5.28. The van der Waals surface area contributed by atoms with Gasteiger partial charge in [-0.15, -0.1) is 0 Å². The van der Waals surface area contributed by atoms with Crippen molar-refractivity contribution in [1.82, 2.24) is 14.6 Å². The molecule has 0 fully saturated rings. The van der Waals surface area contributed by atoms with Crippen LogP contribution < -0.4 is 0 Å². The molecular weight excluding hydrogens is 374 g/mol. The van der Waals surface area contributed by atoms with Gasteiger partial charge in [-0.25, -0.2) is 9.50 Å². The third kappa shape index (κ3) is 4.04.